The summed E-state index contributed by atoms with van der Waals surface area (Å²) in [7, 11) is 2.17. The first-order chi connectivity index (χ1) is 10.2. The molecular formula is C18H27N3. The Hall–Kier alpha value is -1.40. The summed E-state index contributed by atoms with van der Waals surface area (Å²) in [5, 5.41) is 9.42. The molecule has 1 aliphatic rings. The molecule has 1 heterocycles. The third-order valence-electron chi connectivity index (χ3n) is 4.80. The number of hydrogen-bond acceptors (Lipinski definition) is 3. The highest BCUT2D eigenvalue weighted by atomic mass is 15.1. The summed E-state index contributed by atoms with van der Waals surface area (Å²) in [4.78, 5) is 6.78. The minimum absolute atomic E-state index is 0.201. The molecule has 0 aliphatic heterocycles. The van der Waals surface area contributed by atoms with E-state index in [0.717, 1.165) is 31.0 Å². The minimum Gasteiger partial charge on any atom is -0.302 e. The van der Waals surface area contributed by atoms with Crippen LogP contribution in [0.25, 0.3) is 0 Å². The fourth-order valence-electron chi connectivity index (χ4n) is 3.54. The first-order valence-electron chi connectivity index (χ1n) is 8.24. The molecule has 2 rings (SSSR count). The number of nitriles is 1. The van der Waals surface area contributed by atoms with Crippen LogP contribution >= 0.6 is 0 Å². The van der Waals surface area contributed by atoms with Crippen LogP contribution in [-0.4, -0.2) is 29.5 Å². The molecule has 3 nitrogen and oxygen atoms in total. The Kier molecular flexibility index (Phi) is 6.20. The van der Waals surface area contributed by atoms with Crippen molar-refractivity contribution in [1.82, 2.24) is 9.88 Å². The molecule has 1 saturated carbocycles. The smallest absolute Gasteiger partial charge is 0.0672 e. The van der Waals surface area contributed by atoms with Crippen molar-refractivity contribution < 1.29 is 0 Å². The van der Waals surface area contributed by atoms with Crippen LogP contribution in [0.3, 0.4) is 0 Å². The van der Waals surface area contributed by atoms with Gasteiger partial charge in [-0.25, -0.2) is 0 Å². The van der Waals surface area contributed by atoms with E-state index in [1.807, 2.05) is 18.3 Å². The Balaban J connectivity index is 1.91. The second-order valence-electron chi connectivity index (χ2n) is 6.32. The van der Waals surface area contributed by atoms with Crippen LogP contribution in [0, 0.1) is 23.2 Å². The van der Waals surface area contributed by atoms with E-state index in [2.05, 4.69) is 36.0 Å². The van der Waals surface area contributed by atoms with E-state index in [-0.39, 0.29) is 5.92 Å². The van der Waals surface area contributed by atoms with E-state index in [4.69, 9.17) is 0 Å². The van der Waals surface area contributed by atoms with Crippen LogP contribution in [0.4, 0.5) is 0 Å². The third-order valence-corrected chi connectivity index (χ3v) is 4.80. The summed E-state index contributed by atoms with van der Waals surface area (Å²) in [6.07, 6.45) is 8.87. The number of aromatic nitrogens is 1. The van der Waals surface area contributed by atoms with Crippen molar-refractivity contribution in [3.8, 4) is 6.07 Å². The fraction of sp³-hybridized carbons (Fsp3) is 0.667. The Morgan fingerprint density at radius 3 is 2.90 bits per heavy atom. The highest BCUT2D eigenvalue weighted by molar-refractivity contribution is 5.04. The van der Waals surface area contributed by atoms with Gasteiger partial charge < -0.3 is 4.90 Å². The summed E-state index contributed by atoms with van der Waals surface area (Å²) in [5.74, 6) is 1.01. The van der Waals surface area contributed by atoms with Crippen molar-refractivity contribution in [2.45, 2.75) is 51.5 Å². The van der Waals surface area contributed by atoms with E-state index in [1.165, 1.54) is 25.7 Å². The molecule has 1 aromatic rings. The molecule has 0 amide bonds. The molecular weight excluding hydrogens is 258 g/mol. The van der Waals surface area contributed by atoms with Crippen LogP contribution in [0.5, 0.6) is 0 Å². The van der Waals surface area contributed by atoms with Gasteiger partial charge in [-0.15, -0.1) is 0 Å². The second kappa shape index (κ2) is 8.14. The van der Waals surface area contributed by atoms with Crippen LogP contribution in [-0.2, 0) is 6.42 Å². The maximum atomic E-state index is 9.42. The summed E-state index contributed by atoms with van der Waals surface area (Å²) in [5.41, 5.74) is 1.14. The van der Waals surface area contributed by atoms with E-state index >= 15 is 0 Å². The minimum atomic E-state index is 0.201. The fourth-order valence-corrected chi connectivity index (χ4v) is 3.54. The molecule has 114 valence electrons. The van der Waals surface area contributed by atoms with Gasteiger partial charge in [-0.3, -0.25) is 4.98 Å². The number of likely N-dealkylation sites (N-methyl/N-ethyl adjacent to an activating group) is 1. The molecule has 1 fully saturated rings. The van der Waals surface area contributed by atoms with Gasteiger partial charge in [0.05, 0.1) is 12.0 Å². The predicted molar refractivity (Wildman–Crippen MR) is 85.7 cm³/mol. The van der Waals surface area contributed by atoms with Crippen LogP contribution in [0.15, 0.2) is 24.4 Å². The topological polar surface area (TPSA) is 39.9 Å². The average Bonchev–Trinajstić information content (AvgIpc) is 2.54. The maximum absolute atomic E-state index is 9.42. The Labute approximate surface area is 129 Å². The van der Waals surface area contributed by atoms with Crippen molar-refractivity contribution >= 4 is 0 Å². The molecule has 1 aromatic heterocycles. The zero-order chi connectivity index (χ0) is 15.1. The highest BCUT2D eigenvalue weighted by Crippen LogP contribution is 2.34. The molecule has 0 aromatic carbocycles. The van der Waals surface area contributed by atoms with Gasteiger partial charge >= 0.3 is 0 Å². The molecule has 0 radical (unpaired) electrons. The molecule has 21 heavy (non-hydrogen) atoms. The van der Waals surface area contributed by atoms with Crippen molar-refractivity contribution in [3.05, 3.63) is 30.1 Å². The van der Waals surface area contributed by atoms with E-state index in [1.54, 1.807) is 0 Å². The highest BCUT2D eigenvalue weighted by Gasteiger charge is 2.32. The Morgan fingerprint density at radius 2 is 2.24 bits per heavy atom. The lowest BCUT2D eigenvalue weighted by molar-refractivity contribution is 0.122. The average molecular weight is 285 g/mol. The summed E-state index contributed by atoms with van der Waals surface area (Å²) >= 11 is 0. The largest absolute Gasteiger partial charge is 0.302 e. The van der Waals surface area contributed by atoms with Gasteiger partial charge in [-0.05, 0) is 44.4 Å². The van der Waals surface area contributed by atoms with Crippen molar-refractivity contribution in [3.63, 3.8) is 0 Å². The Morgan fingerprint density at radius 1 is 1.38 bits per heavy atom. The standard InChI is InChI=1S/C18H27N3/c1-3-6-15-8-9-16(14-19)18(13-15)21(2)12-10-17-7-4-5-11-20-17/h4-5,7,11,15-16,18H,3,6,8-10,12-13H2,1-2H3. The van der Waals surface area contributed by atoms with E-state index < -0.39 is 0 Å². The molecule has 0 N–H and O–H groups in total. The lowest BCUT2D eigenvalue weighted by atomic mass is 9.76. The zero-order valence-electron chi connectivity index (χ0n) is 13.3. The van der Waals surface area contributed by atoms with Gasteiger partial charge in [0.25, 0.3) is 0 Å². The predicted octanol–water partition coefficient (Wildman–Crippen LogP) is 3.66. The molecule has 3 heteroatoms. The summed E-state index contributed by atoms with van der Waals surface area (Å²) in [6.45, 7) is 3.24. The van der Waals surface area contributed by atoms with Crippen molar-refractivity contribution in [1.29, 1.82) is 5.26 Å². The normalized spacial score (nSPS) is 25.7. The molecule has 3 unspecified atom stereocenters. The second-order valence-corrected chi connectivity index (χ2v) is 6.32. The zero-order valence-corrected chi connectivity index (χ0v) is 13.3. The molecule has 1 aliphatic carbocycles. The van der Waals surface area contributed by atoms with Crippen molar-refractivity contribution in [2.75, 3.05) is 13.6 Å². The van der Waals surface area contributed by atoms with E-state index in [9.17, 15) is 5.26 Å². The van der Waals surface area contributed by atoms with Gasteiger partial charge in [0.1, 0.15) is 0 Å². The molecule has 0 saturated heterocycles. The number of nitrogens with zero attached hydrogens (tertiary/aromatic N) is 3. The first kappa shape index (κ1) is 16.0. The lowest BCUT2D eigenvalue weighted by Crippen LogP contribution is -2.42. The first-order valence-corrected chi connectivity index (χ1v) is 8.24. The summed E-state index contributed by atoms with van der Waals surface area (Å²) < 4.78 is 0. The maximum Gasteiger partial charge on any atom is 0.0672 e. The van der Waals surface area contributed by atoms with Gasteiger partial charge in [0.15, 0.2) is 0 Å². The van der Waals surface area contributed by atoms with Crippen molar-refractivity contribution in [2.24, 2.45) is 11.8 Å². The van der Waals surface area contributed by atoms with Crippen LogP contribution in [0.1, 0.15) is 44.7 Å². The van der Waals surface area contributed by atoms with Crippen LogP contribution in [0.2, 0.25) is 0 Å². The SMILES string of the molecule is CCCC1CCC(C#N)C(N(C)CCc2ccccn2)C1. The van der Waals surface area contributed by atoms with Gasteiger partial charge in [0, 0.05) is 30.9 Å². The molecule has 0 bridgehead atoms. The Bertz CT molecular complexity index is 451. The number of rotatable bonds is 6. The quantitative estimate of drug-likeness (QED) is 0.800. The lowest BCUT2D eigenvalue weighted by Gasteiger charge is -2.38. The number of hydrogen-bond donors (Lipinski definition) is 0. The molecule has 0 spiro atoms. The van der Waals surface area contributed by atoms with Gasteiger partial charge in [-0.2, -0.15) is 5.26 Å². The monoisotopic (exact) mass is 285 g/mol. The van der Waals surface area contributed by atoms with E-state index in [0.29, 0.717) is 6.04 Å². The van der Waals surface area contributed by atoms with Crippen LogP contribution < -0.4 is 0 Å². The number of pyridine rings is 1. The summed E-state index contributed by atoms with van der Waals surface area (Å²) in [6, 6.07) is 9.03. The van der Waals surface area contributed by atoms with Gasteiger partial charge in [0.2, 0.25) is 0 Å². The molecule has 3 atom stereocenters. The van der Waals surface area contributed by atoms with Gasteiger partial charge in [-0.1, -0.05) is 25.8 Å². The third kappa shape index (κ3) is 4.54.